The molecule has 1 amide bonds. The zero-order valence-corrected chi connectivity index (χ0v) is 13.1. The van der Waals surface area contributed by atoms with E-state index in [9.17, 15) is 4.79 Å². The molecule has 23 heavy (non-hydrogen) atoms. The Labute approximate surface area is 134 Å². The van der Waals surface area contributed by atoms with Gasteiger partial charge in [0.15, 0.2) is 0 Å². The number of nitrogens with one attached hydrogen (secondary N) is 1. The second-order valence-electron chi connectivity index (χ2n) is 5.40. The van der Waals surface area contributed by atoms with Crippen LogP contribution >= 0.6 is 0 Å². The average Bonchev–Trinajstić information content (AvgIpc) is 3.03. The van der Waals surface area contributed by atoms with Gasteiger partial charge in [-0.25, -0.2) is 9.97 Å². The van der Waals surface area contributed by atoms with Crippen molar-refractivity contribution in [3.8, 4) is 5.88 Å². The average molecular weight is 316 g/mol. The summed E-state index contributed by atoms with van der Waals surface area (Å²) in [6.07, 6.45) is 7.09. The molecule has 0 saturated heterocycles. The maximum atomic E-state index is 12.5. The van der Waals surface area contributed by atoms with Crippen LogP contribution in [0.5, 0.6) is 5.88 Å². The number of rotatable bonds is 6. The Morgan fingerprint density at radius 3 is 3.17 bits per heavy atom. The first-order valence-electron chi connectivity index (χ1n) is 7.65. The van der Waals surface area contributed by atoms with Crippen LogP contribution < -0.4 is 10.1 Å². The molecule has 0 bridgehead atoms. The molecule has 0 spiro atoms. The zero-order chi connectivity index (χ0) is 16.1. The molecule has 7 nitrogen and oxygen atoms in total. The van der Waals surface area contributed by atoms with Crippen molar-refractivity contribution in [1.82, 2.24) is 19.9 Å². The summed E-state index contributed by atoms with van der Waals surface area (Å²) in [7, 11) is 1.60. The molecule has 1 atom stereocenters. The van der Waals surface area contributed by atoms with E-state index in [0.29, 0.717) is 24.7 Å². The minimum Gasteiger partial charge on any atom is -0.475 e. The van der Waals surface area contributed by atoms with Crippen LogP contribution in [0.2, 0.25) is 0 Å². The minimum absolute atomic E-state index is 0.0798. The summed E-state index contributed by atoms with van der Waals surface area (Å²) < 4.78 is 12.5. The van der Waals surface area contributed by atoms with Crippen molar-refractivity contribution in [2.24, 2.45) is 0 Å². The summed E-state index contributed by atoms with van der Waals surface area (Å²) in [5.41, 5.74) is 0.444. The van der Waals surface area contributed by atoms with E-state index in [0.717, 1.165) is 25.2 Å². The van der Waals surface area contributed by atoms with Gasteiger partial charge < -0.3 is 19.4 Å². The lowest BCUT2D eigenvalue weighted by Crippen LogP contribution is -2.41. The quantitative estimate of drug-likeness (QED) is 0.806. The molecule has 3 heterocycles. The molecule has 0 saturated carbocycles. The Morgan fingerprint density at radius 2 is 2.30 bits per heavy atom. The first-order chi connectivity index (χ1) is 11.3. The topological polar surface area (TPSA) is 78.3 Å². The van der Waals surface area contributed by atoms with E-state index in [1.165, 1.54) is 0 Å². The number of nitrogens with zero attached hydrogens (tertiary/aromatic N) is 3. The molecule has 2 aromatic rings. The standard InChI is InChI=1S/C16H20N4O3/c1-22-9-10-23-16-13(3-2-6-18-16)15(21)19-12-4-5-14-17-7-8-20(14)11-12/h2-3,6-8,12H,4-5,9-11H2,1H3,(H,19,21)/t12-/m0/s1. The summed E-state index contributed by atoms with van der Waals surface area (Å²) >= 11 is 0. The molecule has 0 fully saturated rings. The number of ether oxygens (including phenoxy) is 2. The van der Waals surface area contributed by atoms with Crippen molar-refractivity contribution < 1.29 is 14.3 Å². The molecular weight excluding hydrogens is 296 g/mol. The predicted molar refractivity (Wildman–Crippen MR) is 83.4 cm³/mol. The number of aryl methyl sites for hydroxylation is 1. The molecule has 0 aromatic carbocycles. The highest BCUT2D eigenvalue weighted by Crippen LogP contribution is 2.17. The molecule has 0 unspecified atom stereocenters. The number of aromatic nitrogens is 3. The van der Waals surface area contributed by atoms with Crippen molar-refractivity contribution in [3.05, 3.63) is 42.1 Å². The molecule has 1 aliphatic heterocycles. The van der Waals surface area contributed by atoms with Crippen molar-refractivity contribution in [1.29, 1.82) is 0 Å². The van der Waals surface area contributed by atoms with E-state index in [1.807, 2.05) is 6.20 Å². The highest BCUT2D eigenvalue weighted by Gasteiger charge is 2.22. The van der Waals surface area contributed by atoms with E-state index < -0.39 is 0 Å². The maximum Gasteiger partial charge on any atom is 0.257 e. The van der Waals surface area contributed by atoms with Gasteiger partial charge in [0, 0.05) is 44.7 Å². The highest BCUT2D eigenvalue weighted by atomic mass is 16.5. The van der Waals surface area contributed by atoms with Gasteiger partial charge in [-0.05, 0) is 18.6 Å². The van der Waals surface area contributed by atoms with Gasteiger partial charge in [0.25, 0.3) is 5.91 Å². The van der Waals surface area contributed by atoms with Gasteiger partial charge >= 0.3 is 0 Å². The fraction of sp³-hybridized carbons (Fsp3) is 0.438. The monoisotopic (exact) mass is 316 g/mol. The fourth-order valence-corrected chi connectivity index (χ4v) is 2.65. The SMILES string of the molecule is COCCOc1ncccc1C(=O)N[C@H]1CCc2nccn2C1. The smallest absolute Gasteiger partial charge is 0.257 e. The van der Waals surface area contributed by atoms with Crippen molar-refractivity contribution in [2.75, 3.05) is 20.3 Å². The van der Waals surface area contributed by atoms with Gasteiger partial charge in [-0.15, -0.1) is 0 Å². The van der Waals surface area contributed by atoms with Crippen molar-refractivity contribution in [2.45, 2.75) is 25.4 Å². The minimum atomic E-state index is -0.168. The number of methoxy groups -OCH3 is 1. The Kier molecular flexibility index (Phi) is 4.87. The largest absolute Gasteiger partial charge is 0.475 e. The number of pyridine rings is 1. The van der Waals surface area contributed by atoms with Crippen molar-refractivity contribution >= 4 is 5.91 Å². The highest BCUT2D eigenvalue weighted by molar-refractivity contribution is 5.96. The van der Waals surface area contributed by atoms with Gasteiger partial charge in [-0.3, -0.25) is 4.79 Å². The molecule has 122 valence electrons. The van der Waals surface area contributed by atoms with Crippen LogP contribution in [0.3, 0.4) is 0 Å². The molecule has 7 heteroatoms. The van der Waals surface area contributed by atoms with Gasteiger partial charge in [0.05, 0.1) is 6.61 Å². The second kappa shape index (κ2) is 7.23. The van der Waals surface area contributed by atoms with Crippen molar-refractivity contribution in [3.63, 3.8) is 0 Å². The molecule has 3 rings (SSSR count). The fourth-order valence-electron chi connectivity index (χ4n) is 2.65. The summed E-state index contributed by atoms with van der Waals surface area (Å²) in [6.45, 7) is 1.54. The Bertz CT molecular complexity index is 671. The summed E-state index contributed by atoms with van der Waals surface area (Å²) in [4.78, 5) is 21.0. The van der Waals surface area contributed by atoms with E-state index >= 15 is 0 Å². The molecule has 1 aliphatic rings. The van der Waals surface area contributed by atoms with E-state index in [-0.39, 0.29) is 11.9 Å². The number of imidazole rings is 1. The van der Waals surface area contributed by atoms with E-state index in [2.05, 4.69) is 19.9 Å². The van der Waals surface area contributed by atoms with E-state index in [4.69, 9.17) is 9.47 Å². The molecule has 1 N–H and O–H groups in total. The number of carbonyl (C=O) groups excluding carboxylic acids is 1. The Balaban J connectivity index is 1.64. The van der Waals surface area contributed by atoms with Gasteiger partial charge in [0.2, 0.25) is 5.88 Å². The lowest BCUT2D eigenvalue weighted by atomic mass is 10.1. The van der Waals surface area contributed by atoms with Gasteiger partial charge in [0.1, 0.15) is 18.0 Å². The number of amides is 1. The first-order valence-corrected chi connectivity index (χ1v) is 7.65. The van der Waals surface area contributed by atoms with Crippen LogP contribution in [0.25, 0.3) is 0 Å². The normalized spacial score (nSPS) is 16.7. The lowest BCUT2D eigenvalue weighted by Gasteiger charge is -2.25. The van der Waals surface area contributed by atoms with Crippen LogP contribution in [-0.4, -0.2) is 46.8 Å². The Morgan fingerprint density at radius 1 is 1.39 bits per heavy atom. The van der Waals surface area contributed by atoms with Crippen LogP contribution in [0, 0.1) is 0 Å². The maximum absolute atomic E-state index is 12.5. The Hall–Kier alpha value is -2.41. The summed E-state index contributed by atoms with van der Waals surface area (Å²) in [6, 6.07) is 3.53. The van der Waals surface area contributed by atoms with Gasteiger partial charge in [-0.1, -0.05) is 0 Å². The second-order valence-corrected chi connectivity index (χ2v) is 5.40. The van der Waals surface area contributed by atoms with Crippen LogP contribution in [-0.2, 0) is 17.7 Å². The number of hydrogen-bond acceptors (Lipinski definition) is 5. The summed E-state index contributed by atoms with van der Waals surface area (Å²) in [5.74, 6) is 1.24. The summed E-state index contributed by atoms with van der Waals surface area (Å²) in [5, 5.41) is 3.06. The molecule has 2 aromatic heterocycles. The number of hydrogen-bond donors (Lipinski definition) is 1. The third kappa shape index (κ3) is 3.68. The zero-order valence-electron chi connectivity index (χ0n) is 13.1. The predicted octanol–water partition coefficient (Wildman–Crippen LogP) is 1.05. The third-order valence-corrected chi connectivity index (χ3v) is 3.81. The molecular formula is C16H20N4O3. The van der Waals surface area contributed by atoms with Gasteiger partial charge in [-0.2, -0.15) is 0 Å². The van der Waals surface area contributed by atoms with Crippen LogP contribution in [0.4, 0.5) is 0 Å². The number of fused-ring (bicyclic) bond motifs is 1. The van der Waals surface area contributed by atoms with Crippen LogP contribution in [0.1, 0.15) is 22.6 Å². The molecule has 0 aliphatic carbocycles. The lowest BCUT2D eigenvalue weighted by molar-refractivity contribution is 0.0918. The van der Waals surface area contributed by atoms with E-state index in [1.54, 1.807) is 31.6 Å². The third-order valence-electron chi connectivity index (χ3n) is 3.81. The first kappa shape index (κ1) is 15.5. The molecule has 0 radical (unpaired) electrons. The number of carbonyl (C=O) groups is 1. The van der Waals surface area contributed by atoms with Crippen LogP contribution in [0.15, 0.2) is 30.7 Å².